The quantitative estimate of drug-likeness (QED) is 0.778. The Hall–Kier alpha value is -1.55. The molecule has 1 aromatic carbocycles. The summed E-state index contributed by atoms with van der Waals surface area (Å²) in [5.74, 6) is 0.412. The van der Waals surface area contributed by atoms with E-state index in [0.717, 1.165) is 0 Å². The molecule has 0 aliphatic heterocycles. The van der Waals surface area contributed by atoms with Gasteiger partial charge in [-0.25, -0.2) is 5.48 Å². The van der Waals surface area contributed by atoms with E-state index in [1.54, 1.807) is 25.1 Å². The van der Waals surface area contributed by atoms with Gasteiger partial charge in [0, 0.05) is 5.56 Å². The highest BCUT2D eigenvalue weighted by Crippen LogP contribution is 2.14. The molecule has 0 fully saturated rings. The van der Waals surface area contributed by atoms with Crippen molar-refractivity contribution >= 4 is 5.91 Å². The van der Waals surface area contributed by atoms with Crippen LogP contribution in [0.4, 0.5) is 0 Å². The lowest BCUT2D eigenvalue weighted by Gasteiger charge is -2.10. The highest BCUT2D eigenvalue weighted by molar-refractivity contribution is 5.93. The van der Waals surface area contributed by atoms with Gasteiger partial charge in [-0.05, 0) is 39.0 Å². The lowest BCUT2D eigenvalue weighted by atomic mass is 10.2. The lowest BCUT2D eigenvalue weighted by Crippen LogP contribution is -2.23. The van der Waals surface area contributed by atoms with Crippen LogP contribution in [0.3, 0.4) is 0 Å². The third-order valence-corrected chi connectivity index (χ3v) is 1.78. The summed E-state index contributed by atoms with van der Waals surface area (Å²) in [7, 11) is 0. The van der Waals surface area contributed by atoms with Crippen molar-refractivity contribution in [3.63, 3.8) is 0 Å². The van der Waals surface area contributed by atoms with E-state index in [4.69, 9.17) is 9.57 Å². The van der Waals surface area contributed by atoms with Gasteiger partial charge >= 0.3 is 0 Å². The molecule has 0 aliphatic carbocycles. The standard InChI is InChI=1S/C12H17NO3/c1-4-15-13-12(14)10-6-5-7-11(8-10)16-9(2)3/h5-9H,4H2,1-3H3,(H,13,14). The molecule has 0 spiro atoms. The summed E-state index contributed by atoms with van der Waals surface area (Å²) in [6, 6.07) is 6.99. The number of hydrogen-bond acceptors (Lipinski definition) is 3. The number of carbonyl (C=O) groups is 1. The van der Waals surface area contributed by atoms with Crippen molar-refractivity contribution in [1.29, 1.82) is 0 Å². The molecule has 0 atom stereocenters. The summed E-state index contributed by atoms with van der Waals surface area (Å²) in [5, 5.41) is 0. The monoisotopic (exact) mass is 223 g/mol. The van der Waals surface area contributed by atoms with Crippen molar-refractivity contribution in [2.24, 2.45) is 0 Å². The Morgan fingerprint density at radius 1 is 1.44 bits per heavy atom. The van der Waals surface area contributed by atoms with E-state index in [-0.39, 0.29) is 12.0 Å². The molecule has 0 radical (unpaired) electrons. The highest BCUT2D eigenvalue weighted by atomic mass is 16.6. The molecule has 1 amide bonds. The largest absolute Gasteiger partial charge is 0.491 e. The van der Waals surface area contributed by atoms with Crippen molar-refractivity contribution in [2.45, 2.75) is 26.9 Å². The summed E-state index contributed by atoms with van der Waals surface area (Å²) in [6.45, 7) is 6.12. The van der Waals surface area contributed by atoms with Crippen LogP contribution in [0, 0.1) is 0 Å². The third-order valence-electron chi connectivity index (χ3n) is 1.78. The maximum Gasteiger partial charge on any atom is 0.274 e. The molecule has 1 rings (SSSR count). The number of carbonyl (C=O) groups excluding carboxylic acids is 1. The summed E-state index contributed by atoms with van der Waals surface area (Å²) >= 11 is 0. The summed E-state index contributed by atoms with van der Waals surface area (Å²) in [4.78, 5) is 16.4. The molecule has 16 heavy (non-hydrogen) atoms. The zero-order valence-electron chi connectivity index (χ0n) is 9.82. The summed E-state index contributed by atoms with van der Waals surface area (Å²) in [6.07, 6.45) is 0.0882. The van der Waals surface area contributed by atoms with Gasteiger partial charge in [-0.2, -0.15) is 0 Å². The topological polar surface area (TPSA) is 47.6 Å². The first kappa shape index (κ1) is 12.5. The van der Waals surface area contributed by atoms with Crippen LogP contribution in [0.25, 0.3) is 0 Å². The Balaban J connectivity index is 2.69. The first-order chi connectivity index (χ1) is 7.63. The van der Waals surface area contributed by atoms with E-state index in [2.05, 4.69) is 5.48 Å². The second-order valence-corrected chi connectivity index (χ2v) is 3.56. The van der Waals surface area contributed by atoms with Crippen LogP contribution >= 0.6 is 0 Å². The predicted molar refractivity (Wildman–Crippen MR) is 61.3 cm³/mol. The Kier molecular flexibility index (Phi) is 4.79. The van der Waals surface area contributed by atoms with Gasteiger partial charge in [0.05, 0.1) is 12.7 Å². The number of amides is 1. The first-order valence-corrected chi connectivity index (χ1v) is 5.32. The number of nitrogens with one attached hydrogen (secondary N) is 1. The van der Waals surface area contributed by atoms with Crippen LogP contribution in [0.5, 0.6) is 5.75 Å². The normalized spacial score (nSPS) is 10.2. The Labute approximate surface area is 95.5 Å². The average Bonchev–Trinajstić information content (AvgIpc) is 2.25. The zero-order valence-corrected chi connectivity index (χ0v) is 9.82. The molecule has 0 aliphatic rings. The Morgan fingerprint density at radius 2 is 2.19 bits per heavy atom. The molecular weight excluding hydrogens is 206 g/mol. The van der Waals surface area contributed by atoms with E-state index in [1.807, 2.05) is 19.9 Å². The van der Waals surface area contributed by atoms with Gasteiger partial charge in [-0.3, -0.25) is 9.63 Å². The molecule has 0 saturated heterocycles. The molecular formula is C12H17NO3. The van der Waals surface area contributed by atoms with Crippen LogP contribution in [-0.2, 0) is 4.84 Å². The van der Waals surface area contributed by atoms with Crippen LogP contribution in [-0.4, -0.2) is 18.6 Å². The molecule has 1 aromatic rings. The van der Waals surface area contributed by atoms with Crippen molar-refractivity contribution in [1.82, 2.24) is 5.48 Å². The zero-order chi connectivity index (χ0) is 12.0. The van der Waals surface area contributed by atoms with E-state index in [9.17, 15) is 4.79 Å². The van der Waals surface area contributed by atoms with Crippen LogP contribution < -0.4 is 10.2 Å². The van der Waals surface area contributed by atoms with Gasteiger partial charge in [0.25, 0.3) is 5.91 Å². The van der Waals surface area contributed by atoms with Gasteiger partial charge < -0.3 is 4.74 Å². The number of hydroxylamine groups is 1. The van der Waals surface area contributed by atoms with Crippen molar-refractivity contribution in [3.8, 4) is 5.75 Å². The highest BCUT2D eigenvalue weighted by Gasteiger charge is 2.06. The fraction of sp³-hybridized carbons (Fsp3) is 0.417. The minimum absolute atomic E-state index is 0.0882. The molecule has 4 nitrogen and oxygen atoms in total. The SMILES string of the molecule is CCONC(=O)c1cccc(OC(C)C)c1. The van der Waals surface area contributed by atoms with Crippen molar-refractivity contribution in [3.05, 3.63) is 29.8 Å². The summed E-state index contributed by atoms with van der Waals surface area (Å²) in [5.41, 5.74) is 2.85. The van der Waals surface area contributed by atoms with E-state index >= 15 is 0 Å². The van der Waals surface area contributed by atoms with E-state index in [0.29, 0.717) is 17.9 Å². The van der Waals surface area contributed by atoms with Gasteiger partial charge in [0.1, 0.15) is 5.75 Å². The molecule has 0 saturated carbocycles. The Morgan fingerprint density at radius 3 is 2.81 bits per heavy atom. The molecule has 4 heteroatoms. The molecule has 1 N–H and O–H groups in total. The molecule has 0 unspecified atom stereocenters. The fourth-order valence-corrected chi connectivity index (χ4v) is 1.18. The predicted octanol–water partition coefficient (Wildman–Crippen LogP) is 2.16. The number of hydrogen-bond donors (Lipinski definition) is 1. The number of benzene rings is 1. The Bertz CT molecular complexity index is 350. The summed E-state index contributed by atoms with van der Waals surface area (Å²) < 4.78 is 5.49. The molecule has 0 bridgehead atoms. The second-order valence-electron chi connectivity index (χ2n) is 3.56. The minimum Gasteiger partial charge on any atom is -0.491 e. The molecule has 88 valence electrons. The molecule has 0 heterocycles. The van der Waals surface area contributed by atoms with Crippen LogP contribution in [0.2, 0.25) is 0 Å². The first-order valence-electron chi connectivity index (χ1n) is 5.32. The van der Waals surface area contributed by atoms with Crippen molar-refractivity contribution < 1.29 is 14.4 Å². The fourth-order valence-electron chi connectivity index (χ4n) is 1.18. The average molecular weight is 223 g/mol. The van der Waals surface area contributed by atoms with Gasteiger partial charge in [0.2, 0.25) is 0 Å². The smallest absolute Gasteiger partial charge is 0.274 e. The van der Waals surface area contributed by atoms with Crippen LogP contribution in [0.1, 0.15) is 31.1 Å². The van der Waals surface area contributed by atoms with E-state index < -0.39 is 0 Å². The van der Waals surface area contributed by atoms with Gasteiger partial charge in [-0.15, -0.1) is 0 Å². The van der Waals surface area contributed by atoms with Crippen LogP contribution in [0.15, 0.2) is 24.3 Å². The van der Waals surface area contributed by atoms with Gasteiger partial charge in [-0.1, -0.05) is 6.07 Å². The van der Waals surface area contributed by atoms with Gasteiger partial charge in [0.15, 0.2) is 0 Å². The molecule has 0 aromatic heterocycles. The lowest BCUT2D eigenvalue weighted by molar-refractivity contribution is 0.0364. The van der Waals surface area contributed by atoms with E-state index in [1.165, 1.54) is 0 Å². The third kappa shape index (κ3) is 3.90. The number of ether oxygens (including phenoxy) is 1. The number of rotatable bonds is 5. The van der Waals surface area contributed by atoms with Crippen molar-refractivity contribution in [2.75, 3.05) is 6.61 Å². The minimum atomic E-state index is -0.268. The maximum absolute atomic E-state index is 11.5. The maximum atomic E-state index is 11.5. The second kappa shape index (κ2) is 6.12.